The molecule has 0 aromatic heterocycles. The van der Waals surface area contributed by atoms with E-state index in [9.17, 15) is 18.0 Å². The Hall–Kier alpha value is -2.96. The fraction of sp³-hybridized carbons (Fsp3) is 0.167. The first-order valence-corrected chi connectivity index (χ1v) is 7.33. The van der Waals surface area contributed by atoms with Crippen molar-refractivity contribution < 1.29 is 32.2 Å². The van der Waals surface area contributed by atoms with Crippen LogP contribution in [-0.4, -0.2) is 12.8 Å². The van der Waals surface area contributed by atoms with E-state index in [-0.39, 0.29) is 12.4 Å². The highest BCUT2D eigenvalue weighted by Crippen LogP contribution is 2.33. The van der Waals surface area contributed by atoms with E-state index < -0.39 is 24.3 Å². The van der Waals surface area contributed by atoms with Gasteiger partial charge in [0.15, 0.2) is 11.5 Å². The zero-order valence-corrected chi connectivity index (χ0v) is 12.9. The summed E-state index contributed by atoms with van der Waals surface area (Å²) in [4.78, 5) is 11.7. The lowest BCUT2D eigenvalue weighted by Gasteiger charge is -2.12. The third kappa shape index (κ3) is 4.12. The highest BCUT2D eigenvalue weighted by molar-refractivity contribution is 5.87. The van der Waals surface area contributed by atoms with E-state index in [0.717, 1.165) is 12.1 Å². The Morgan fingerprint density at radius 2 is 1.88 bits per heavy atom. The summed E-state index contributed by atoms with van der Waals surface area (Å²) in [6.45, 7) is -0.316. The zero-order chi connectivity index (χ0) is 17.9. The molecule has 1 heterocycles. The summed E-state index contributed by atoms with van der Waals surface area (Å²) < 4.78 is 53.9. The first kappa shape index (κ1) is 16.9. The van der Waals surface area contributed by atoms with Crippen LogP contribution in [0.25, 0.3) is 6.08 Å². The molecule has 0 radical (unpaired) electrons. The van der Waals surface area contributed by atoms with Crippen molar-refractivity contribution in [1.82, 2.24) is 0 Å². The van der Waals surface area contributed by atoms with E-state index >= 15 is 0 Å². The molecule has 0 fully saturated rings. The molecule has 2 aromatic rings. The summed E-state index contributed by atoms with van der Waals surface area (Å²) in [5, 5.41) is 0. The van der Waals surface area contributed by atoms with E-state index in [1.165, 1.54) is 24.3 Å². The van der Waals surface area contributed by atoms with Crippen molar-refractivity contribution in [2.24, 2.45) is 0 Å². The second-order valence-electron chi connectivity index (χ2n) is 5.21. The molecule has 0 amide bonds. The van der Waals surface area contributed by atoms with Gasteiger partial charge in [-0.05, 0) is 29.8 Å². The average molecular weight is 350 g/mol. The van der Waals surface area contributed by atoms with Crippen molar-refractivity contribution in [1.29, 1.82) is 0 Å². The number of esters is 1. The normalized spacial score (nSPS) is 13.2. The van der Waals surface area contributed by atoms with Gasteiger partial charge in [-0.2, -0.15) is 13.2 Å². The molecule has 0 atom stereocenters. The average Bonchev–Trinajstić information content (AvgIpc) is 3.05. The standard InChI is InChI=1S/C18H13F3O4/c19-18(20,21)14-4-2-1-3-13(14)10-23-17(22)8-6-12-5-7-15-16(9-12)25-11-24-15/h1-9H,10-11H2/b8-6+. The van der Waals surface area contributed by atoms with Gasteiger partial charge in [-0.25, -0.2) is 4.79 Å². The third-order valence-electron chi connectivity index (χ3n) is 3.50. The van der Waals surface area contributed by atoms with Crippen LogP contribution in [0.4, 0.5) is 13.2 Å². The molecule has 1 aliphatic rings. The van der Waals surface area contributed by atoms with Crippen LogP contribution in [0.15, 0.2) is 48.5 Å². The lowest BCUT2D eigenvalue weighted by Crippen LogP contribution is -2.11. The monoisotopic (exact) mass is 350 g/mol. The number of alkyl halides is 3. The first-order chi connectivity index (χ1) is 11.9. The molecule has 25 heavy (non-hydrogen) atoms. The Bertz CT molecular complexity index is 812. The van der Waals surface area contributed by atoms with Crippen molar-refractivity contribution >= 4 is 12.0 Å². The fourth-order valence-corrected chi connectivity index (χ4v) is 2.30. The SMILES string of the molecule is O=C(/C=C/c1ccc2c(c1)OCO2)OCc1ccccc1C(F)(F)F. The van der Waals surface area contributed by atoms with Gasteiger partial charge in [-0.3, -0.25) is 0 Å². The number of rotatable bonds is 4. The van der Waals surface area contributed by atoms with E-state index in [4.69, 9.17) is 14.2 Å². The van der Waals surface area contributed by atoms with Crippen LogP contribution in [-0.2, 0) is 22.3 Å². The van der Waals surface area contributed by atoms with Crippen LogP contribution in [0.5, 0.6) is 11.5 Å². The van der Waals surface area contributed by atoms with Gasteiger partial charge in [0.05, 0.1) is 5.56 Å². The fourth-order valence-electron chi connectivity index (χ4n) is 2.30. The van der Waals surface area contributed by atoms with Gasteiger partial charge in [0, 0.05) is 11.6 Å². The van der Waals surface area contributed by atoms with Crippen molar-refractivity contribution in [2.45, 2.75) is 12.8 Å². The van der Waals surface area contributed by atoms with Crippen LogP contribution < -0.4 is 9.47 Å². The summed E-state index contributed by atoms with van der Waals surface area (Å²) in [5.41, 5.74) is -0.237. The lowest BCUT2D eigenvalue weighted by molar-refractivity contribution is -0.143. The summed E-state index contributed by atoms with van der Waals surface area (Å²) in [5.74, 6) is 0.438. The minimum absolute atomic E-state index is 0.0974. The third-order valence-corrected chi connectivity index (χ3v) is 3.50. The number of ether oxygens (including phenoxy) is 3. The molecule has 2 aromatic carbocycles. The number of carbonyl (C=O) groups excluding carboxylic acids is 1. The molecule has 0 saturated heterocycles. The molecule has 130 valence electrons. The first-order valence-electron chi connectivity index (χ1n) is 7.33. The number of hydrogen-bond acceptors (Lipinski definition) is 4. The Kier molecular flexibility index (Phi) is 4.65. The molecular formula is C18H13F3O4. The smallest absolute Gasteiger partial charge is 0.416 e. The number of halogens is 3. The lowest BCUT2D eigenvalue weighted by atomic mass is 10.1. The minimum Gasteiger partial charge on any atom is -0.458 e. The molecule has 4 nitrogen and oxygen atoms in total. The van der Waals surface area contributed by atoms with Crippen molar-refractivity contribution in [2.75, 3.05) is 6.79 Å². The maximum atomic E-state index is 12.9. The molecule has 0 saturated carbocycles. The zero-order valence-electron chi connectivity index (χ0n) is 12.9. The Balaban J connectivity index is 1.62. The van der Waals surface area contributed by atoms with Gasteiger partial charge >= 0.3 is 12.1 Å². The van der Waals surface area contributed by atoms with Gasteiger partial charge < -0.3 is 14.2 Å². The summed E-state index contributed by atoms with van der Waals surface area (Å²) in [7, 11) is 0. The minimum atomic E-state index is -4.49. The Morgan fingerprint density at radius 1 is 1.12 bits per heavy atom. The molecule has 0 N–H and O–H groups in total. The number of carbonyl (C=O) groups is 1. The highest BCUT2D eigenvalue weighted by atomic mass is 19.4. The quantitative estimate of drug-likeness (QED) is 0.613. The number of benzene rings is 2. The van der Waals surface area contributed by atoms with E-state index in [0.29, 0.717) is 17.1 Å². The molecule has 0 bridgehead atoms. The number of hydrogen-bond donors (Lipinski definition) is 0. The molecule has 3 rings (SSSR count). The van der Waals surface area contributed by atoms with Crippen LogP contribution in [0, 0.1) is 0 Å². The predicted octanol–water partition coefficient (Wildman–Crippen LogP) is 4.19. The van der Waals surface area contributed by atoms with E-state index in [2.05, 4.69) is 0 Å². The summed E-state index contributed by atoms with van der Waals surface area (Å²) >= 11 is 0. The molecule has 0 aliphatic carbocycles. The molecule has 7 heteroatoms. The molecule has 1 aliphatic heterocycles. The van der Waals surface area contributed by atoms with Gasteiger partial charge in [0.1, 0.15) is 6.61 Å². The van der Waals surface area contributed by atoms with Gasteiger partial charge in [-0.1, -0.05) is 24.3 Å². The topological polar surface area (TPSA) is 44.8 Å². The van der Waals surface area contributed by atoms with Crippen LogP contribution in [0.1, 0.15) is 16.7 Å². The van der Waals surface area contributed by atoms with Crippen molar-refractivity contribution in [3.63, 3.8) is 0 Å². The maximum Gasteiger partial charge on any atom is 0.416 e. The molecular weight excluding hydrogens is 337 g/mol. The van der Waals surface area contributed by atoms with Crippen LogP contribution in [0.2, 0.25) is 0 Å². The van der Waals surface area contributed by atoms with Crippen LogP contribution >= 0.6 is 0 Å². The van der Waals surface area contributed by atoms with Gasteiger partial charge in [0.25, 0.3) is 0 Å². The Labute approximate surface area is 141 Å². The van der Waals surface area contributed by atoms with E-state index in [1.54, 1.807) is 18.2 Å². The van der Waals surface area contributed by atoms with E-state index in [1.807, 2.05) is 0 Å². The highest BCUT2D eigenvalue weighted by Gasteiger charge is 2.33. The second-order valence-corrected chi connectivity index (χ2v) is 5.21. The molecule has 0 spiro atoms. The summed E-state index contributed by atoms with van der Waals surface area (Å²) in [6.07, 6.45) is -1.86. The largest absolute Gasteiger partial charge is 0.458 e. The number of fused-ring (bicyclic) bond motifs is 1. The van der Waals surface area contributed by atoms with Crippen molar-refractivity contribution in [3.05, 3.63) is 65.2 Å². The predicted molar refractivity (Wildman–Crippen MR) is 82.8 cm³/mol. The summed E-state index contributed by atoms with van der Waals surface area (Å²) in [6, 6.07) is 10.1. The Morgan fingerprint density at radius 3 is 2.68 bits per heavy atom. The van der Waals surface area contributed by atoms with Gasteiger partial charge in [0.2, 0.25) is 6.79 Å². The molecule has 0 unspecified atom stereocenters. The second kappa shape index (κ2) is 6.88. The van der Waals surface area contributed by atoms with Crippen molar-refractivity contribution in [3.8, 4) is 11.5 Å². The maximum absolute atomic E-state index is 12.9. The van der Waals surface area contributed by atoms with Crippen LogP contribution in [0.3, 0.4) is 0 Å². The van der Waals surface area contributed by atoms with Gasteiger partial charge in [-0.15, -0.1) is 0 Å².